The second-order valence-corrected chi connectivity index (χ2v) is 8.54. The zero-order chi connectivity index (χ0) is 20.2. The Morgan fingerprint density at radius 1 is 1.30 bits per heavy atom. The van der Waals surface area contributed by atoms with Crippen LogP contribution in [0.15, 0.2) is 0 Å². The predicted molar refractivity (Wildman–Crippen MR) is 89.0 cm³/mol. The van der Waals surface area contributed by atoms with E-state index in [0.717, 1.165) is 4.74 Å². The van der Waals surface area contributed by atoms with Crippen LogP contribution in [0.2, 0.25) is 0 Å². The third kappa shape index (κ3) is 3.99. The molecule has 0 bridgehead atoms. The fourth-order valence-corrected chi connectivity index (χ4v) is 5.20. The Morgan fingerprint density at radius 2 is 1.85 bits per heavy atom. The Morgan fingerprint density at radius 3 is 2.37 bits per heavy atom. The standard InChI is InChI=1S/C15H24N2O9P/c1-4-24-27(22,25-5-2)15(3)11(8-9-16(15)21)10-23-14(20)26-17-12(18)6-7-13(17)19/h9,11,21H,4-8,10H2,1-3H3/q+1/t11-,15+/m1/s1. The quantitative estimate of drug-likeness (QED) is 0.210. The Kier molecular flexibility index (Phi) is 6.61. The molecule has 1 fully saturated rings. The first-order chi connectivity index (χ1) is 12.7. The van der Waals surface area contributed by atoms with Crippen LogP contribution in [0.1, 0.15) is 40.0 Å². The van der Waals surface area contributed by atoms with E-state index in [0.29, 0.717) is 5.06 Å². The van der Waals surface area contributed by atoms with Crippen LogP contribution in [0.3, 0.4) is 0 Å². The molecular formula is C15H24N2O9P+. The van der Waals surface area contributed by atoms with E-state index in [1.165, 1.54) is 13.1 Å². The van der Waals surface area contributed by atoms with Gasteiger partial charge in [-0.05, 0) is 18.6 Å². The molecule has 0 aromatic rings. The summed E-state index contributed by atoms with van der Waals surface area (Å²) in [4.78, 5) is 39.4. The van der Waals surface area contributed by atoms with E-state index in [1.807, 2.05) is 0 Å². The molecule has 0 aromatic carbocycles. The van der Waals surface area contributed by atoms with Gasteiger partial charge >= 0.3 is 19.0 Å². The number of ether oxygens (including phenoxy) is 1. The van der Waals surface area contributed by atoms with Crippen LogP contribution in [0.5, 0.6) is 0 Å². The molecule has 2 heterocycles. The van der Waals surface area contributed by atoms with Crippen molar-refractivity contribution in [1.29, 1.82) is 0 Å². The minimum Gasteiger partial charge on any atom is -0.432 e. The molecule has 11 nitrogen and oxygen atoms in total. The number of nitrogens with zero attached hydrogens (tertiary/aromatic N) is 2. The molecule has 0 radical (unpaired) electrons. The highest BCUT2D eigenvalue weighted by molar-refractivity contribution is 7.55. The number of rotatable bonds is 8. The summed E-state index contributed by atoms with van der Waals surface area (Å²) in [6, 6.07) is 0. The summed E-state index contributed by atoms with van der Waals surface area (Å²) in [5, 5.41) is 9.13. The number of hydrogen-bond acceptors (Lipinski definition) is 9. The lowest BCUT2D eigenvalue weighted by Crippen LogP contribution is -2.43. The molecule has 152 valence electrons. The lowest BCUT2D eigenvalue weighted by atomic mass is 10.0. The molecule has 1 saturated heterocycles. The second-order valence-electron chi connectivity index (χ2n) is 6.12. The smallest absolute Gasteiger partial charge is 0.432 e. The molecular weight excluding hydrogens is 383 g/mol. The molecule has 0 unspecified atom stereocenters. The maximum Gasteiger partial charge on any atom is 0.533 e. The van der Waals surface area contributed by atoms with Gasteiger partial charge in [0.2, 0.25) is 0 Å². The van der Waals surface area contributed by atoms with Gasteiger partial charge < -0.3 is 13.8 Å². The first kappa shape index (κ1) is 21.3. The van der Waals surface area contributed by atoms with Gasteiger partial charge in [-0.15, -0.1) is 0 Å². The molecule has 2 aliphatic rings. The summed E-state index contributed by atoms with van der Waals surface area (Å²) >= 11 is 0. The molecule has 2 rings (SSSR count). The summed E-state index contributed by atoms with van der Waals surface area (Å²) in [6.45, 7) is 4.65. The highest BCUT2D eigenvalue weighted by Crippen LogP contribution is 2.64. The van der Waals surface area contributed by atoms with Gasteiger partial charge in [0.25, 0.3) is 11.8 Å². The number of amides is 2. The minimum atomic E-state index is -3.81. The number of hydroxylamine groups is 3. The third-order valence-electron chi connectivity index (χ3n) is 4.53. The molecule has 2 amide bonds. The van der Waals surface area contributed by atoms with Crippen molar-refractivity contribution in [2.45, 2.75) is 45.3 Å². The molecule has 27 heavy (non-hydrogen) atoms. The molecule has 0 saturated carbocycles. The monoisotopic (exact) mass is 407 g/mol. The Hall–Kier alpha value is -1.97. The van der Waals surface area contributed by atoms with Gasteiger partial charge in [-0.2, -0.15) is 0 Å². The van der Waals surface area contributed by atoms with E-state index in [1.54, 1.807) is 13.8 Å². The van der Waals surface area contributed by atoms with Crippen molar-refractivity contribution < 1.29 is 47.5 Å². The third-order valence-corrected chi connectivity index (χ3v) is 7.40. The van der Waals surface area contributed by atoms with Crippen LogP contribution < -0.4 is 0 Å². The Balaban J connectivity index is 2.06. The van der Waals surface area contributed by atoms with Crippen LogP contribution in [-0.4, -0.2) is 64.3 Å². The molecule has 1 N–H and O–H groups in total. The molecule has 0 spiro atoms. The van der Waals surface area contributed by atoms with Crippen molar-refractivity contribution in [2.75, 3.05) is 19.8 Å². The van der Waals surface area contributed by atoms with Gasteiger partial charge in [-0.3, -0.25) is 24.2 Å². The SMILES string of the molecule is CCOP(=O)(OCC)[C@@]1(C)[C@@H](COC(=O)ON2C(=O)CCC2=O)CC=[N+]1O. The Bertz CT molecular complexity index is 669. The van der Waals surface area contributed by atoms with Gasteiger partial charge in [0.15, 0.2) is 6.21 Å². The van der Waals surface area contributed by atoms with Crippen LogP contribution in [0, 0.1) is 5.92 Å². The predicted octanol–water partition coefficient (Wildman–Crippen LogP) is 1.68. The van der Waals surface area contributed by atoms with Crippen molar-refractivity contribution >= 4 is 31.8 Å². The van der Waals surface area contributed by atoms with Crippen molar-refractivity contribution in [3.8, 4) is 0 Å². The van der Waals surface area contributed by atoms with E-state index < -0.39 is 36.8 Å². The van der Waals surface area contributed by atoms with Crippen LogP contribution >= 0.6 is 7.60 Å². The van der Waals surface area contributed by atoms with E-state index in [9.17, 15) is 24.2 Å². The van der Waals surface area contributed by atoms with Gasteiger partial charge in [-0.1, -0.05) is 5.06 Å². The van der Waals surface area contributed by atoms with E-state index in [2.05, 4.69) is 4.84 Å². The average Bonchev–Trinajstić information content (AvgIpc) is 3.08. The van der Waals surface area contributed by atoms with Crippen molar-refractivity contribution in [3.05, 3.63) is 0 Å². The van der Waals surface area contributed by atoms with Gasteiger partial charge in [-0.25, -0.2) is 4.79 Å². The molecule has 12 heteroatoms. The van der Waals surface area contributed by atoms with Gasteiger partial charge in [0.05, 0.1) is 19.1 Å². The summed E-state index contributed by atoms with van der Waals surface area (Å²) in [6.07, 6.45) is 0.295. The van der Waals surface area contributed by atoms with Crippen LogP contribution in [0.4, 0.5) is 4.79 Å². The summed E-state index contributed by atoms with van der Waals surface area (Å²) in [5.41, 5.74) is 0. The number of imide groups is 1. The van der Waals surface area contributed by atoms with E-state index in [4.69, 9.17) is 13.8 Å². The summed E-state index contributed by atoms with van der Waals surface area (Å²) in [7, 11) is -3.81. The number of hydrogen-bond donors (Lipinski definition) is 1. The van der Waals surface area contributed by atoms with Crippen LogP contribution in [-0.2, 0) is 32.8 Å². The van der Waals surface area contributed by atoms with E-state index in [-0.39, 0.29) is 39.1 Å². The van der Waals surface area contributed by atoms with Gasteiger partial charge in [0, 0.05) is 26.2 Å². The largest absolute Gasteiger partial charge is 0.533 e. The average molecular weight is 407 g/mol. The highest BCUT2D eigenvalue weighted by atomic mass is 31.2. The number of carbonyl (C=O) groups is 3. The summed E-state index contributed by atoms with van der Waals surface area (Å²) in [5.74, 6) is -1.91. The maximum absolute atomic E-state index is 13.2. The molecule has 2 atom stereocenters. The first-order valence-corrected chi connectivity index (χ1v) is 10.1. The topological polar surface area (TPSA) is 132 Å². The van der Waals surface area contributed by atoms with Crippen LogP contribution in [0.25, 0.3) is 0 Å². The first-order valence-electron chi connectivity index (χ1n) is 8.60. The normalized spacial score (nSPS) is 25.7. The van der Waals surface area contributed by atoms with Crippen molar-refractivity contribution in [2.24, 2.45) is 5.92 Å². The minimum absolute atomic E-state index is 0.0346. The fraction of sp³-hybridized carbons (Fsp3) is 0.733. The molecule has 0 aliphatic carbocycles. The van der Waals surface area contributed by atoms with Gasteiger partial charge in [0.1, 0.15) is 6.61 Å². The van der Waals surface area contributed by atoms with Crippen molar-refractivity contribution in [3.63, 3.8) is 0 Å². The lowest BCUT2D eigenvalue weighted by Gasteiger charge is -2.31. The van der Waals surface area contributed by atoms with Crippen molar-refractivity contribution in [1.82, 2.24) is 5.06 Å². The highest BCUT2D eigenvalue weighted by Gasteiger charge is 2.66. The number of carbonyl (C=O) groups excluding carboxylic acids is 3. The zero-order valence-corrected chi connectivity index (χ0v) is 16.3. The fourth-order valence-electron chi connectivity index (χ4n) is 2.96. The molecule has 2 aliphatic heterocycles. The maximum atomic E-state index is 13.2. The zero-order valence-electron chi connectivity index (χ0n) is 15.5. The lowest BCUT2D eigenvalue weighted by molar-refractivity contribution is -0.805. The molecule has 0 aromatic heterocycles. The summed E-state index contributed by atoms with van der Waals surface area (Å²) < 4.78 is 29.7. The second kappa shape index (κ2) is 8.37. The Labute approximate surface area is 156 Å². The van der Waals surface area contributed by atoms with E-state index >= 15 is 0 Å².